The third kappa shape index (κ3) is 36.0. The van der Waals surface area contributed by atoms with Crippen molar-refractivity contribution in [2.24, 2.45) is 0 Å². The van der Waals surface area contributed by atoms with Gasteiger partial charge in [0.1, 0.15) is 30.5 Å². The number of ether oxygens (including phenoxy) is 9. The van der Waals surface area contributed by atoms with Gasteiger partial charge in [0.15, 0.2) is 34.5 Å². The molecule has 12 heteroatoms. The van der Waals surface area contributed by atoms with Crippen molar-refractivity contribution in [3.8, 4) is 51.7 Å². The molecule has 0 amide bonds. The number of methoxy groups -OCH3 is 1. The number of alkyl halides is 2. The van der Waals surface area contributed by atoms with Gasteiger partial charge < -0.3 is 42.6 Å². The van der Waals surface area contributed by atoms with Crippen LogP contribution in [0.4, 0.5) is 8.78 Å². The maximum Gasteiger partial charge on any atom is 0.586 e. The van der Waals surface area contributed by atoms with E-state index in [1.807, 2.05) is 52.0 Å². The van der Waals surface area contributed by atoms with Crippen LogP contribution in [0.5, 0.6) is 51.7 Å². The summed E-state index contributed by atoms with van der Waals surface area (Å²) in [6.45, 7) is 82.5. The van der Waals surface area contributed by atoms with E-state index in [4.69, 9.17) is 44.8 Å². The zero-order chi connectivity index (χ0) is 104. The van der Waals surface area contributed by atoms with Gasteiger partial charge in [-0.05, 0) is 286 Å². The molecule has 5 aliphatic heterocycles. The largest absolute Gasteiger partial charge is 0.586 e. The zero-order valence-electron chi connectivity index (χ0n) is 92.8. The van der Waals surface area contributed by atoms with Crippen LogP contribution >= 0.6 is 11.6 Å². The van der Waals surface area contributed by atoms with Crippen molar-refractivity contribution in [1.29, 1.82) is 0 Å². The summed E-state index contributed by atoms with van der Waals surface area (Å²) >= 11 is 6.02. The normalized spacial score (nSPS) is 14.4. The molecule has 0 radical (unpaired) electrons. The summed E-state index contributed by atoms with van der Waals surface area (Å²) in [5.41, 5.74) is 29.8. The van der Waals surface area contributed by atoms with Gasteiger partial charge in [0.2, 0.25) is 6.79 Å². The van der Waals surface area contributed by atoms with Crippen LogP contribution in [0.25, 0.3) is 0 Å². The van der Waals surface area contributed by atoms with E-state index in [0.717, 1.165) is 82.5 Å². The van der Waals surface area contributed by atoms with Crippen molar-refractivity contribution >= 4 is 11.6 Å². The van der Waals surface area contributed by atoms with E-state index < -0.39 is 6.29 Å². The highest BCUT2D eigenvalue weighted by Crippen LogP contribution is 2.45. The molecule has 11 aromatic carbocycles. The minimum Gasteiger partial charge on any atom is -0.497 e. The van der Waals surface area contributed by atoms with Crippen LogP contribution in [0.2, 0.25) is 5.02 Å². The third-order valence-corrected chi connectivity index (χ3v) is 26.2. The van der Waals surface area contributed by atoms with Crippen LogP contribution in [-0.4, -0.2) is 46.6 Å². The Labute approximate surface area is 850 Å². The number of hydrogen-bond acceptors (Lipinski definition) is 9. The first-order valence-electron chi connectivity index (χ1n) is 50.7. The Balaban J connectivity index is 0.000000189. The van der Waals surface area contributed by atoms with Crippen molar-refractivity contribution < 1.29 is 51.4 Å². The molecule has 0 spiro atoms. The summed E-state index contributed by atoms with van der Waals surface area (Å²) in [5, 5.41) is 0.863. The van der Waals surface area contributed by atoms with E-state index in [1.165, 1.54) is 122 Å². The lowest BCUT2D eigenvalue weighted by Crippen LogP contribution is -2.25. The van der Waals surface area contributed by atoms with Gasteiger partial charge in [-0.1, -0.05) is 403 Å². The molecule has 18 rings (SSSR count). The highest BCUT2D eigenvalue weighted by Gasteiger charge is 2.44. The Hall–Kier alpha value is -10.2. The molecule has 0 bridgehead atoms. The standard InChI is InChI=1S/2C13H18.C12H16O2.2C12H16O.C11H15Cl.C11H12F2O2.C11H14O2.C11H16O.2C11H16/c2*1-13(2,3)12-8-7-10-5-4-6-11(10)9-12;1-12(2,3)9-4-5-10-11(8-9)14-7-6-13-10;1-12(2,3)10-4-5-11-9(8-10)6-7-13-11;1-12(2,3)10-5-4-9-6-7-13-11(9)8-10;1-8-5-6-9(7-10(8)12)11(2,3)4;1-10(2,3)7-4-5-8-9(6-7)15-11(12,13)14-8;1-11(2,3)8-4-5-9-10(6-8)13-7-12-9;1-11(2,3)9-5-7-10(12-4)8-6-9;1-9-5-7-10(8-6-9)11(2,3)4;1-9-6-5-7-10(8-9)11(2,3)4/h2*7-9H,4-6H2,1-3H3;4-5,8H,6-7H2,1-3H3;2*4-5,8H,6-7H2,1-3H3;5-7H,1-4H3;4-6H,1-3H3;4-6H,7H2,1-3H3;5-8H,1-4H3;2*5-8H,1-4H3. The Bertz CT molecular complexity index is 5400. The van der Waals surface area contributed by atoms with Gasteiger partial charge in [-0.15, -0.1) is 8.78 Å². The maximum atomic E-state index is 12.7. The SMILES string of the molecule is CC(C)(C)c1ccc2c(c1)CCC2.CC(C)(C)c1ccc2c(c1)CCC2.CC(C)(C)c1ccc2c(c1)CCO2.CC(C)(C)c1ccc2c(c1)OC(F)(F)O2.CC(C)(C)c1ccc2c(c1)OCC2.CC(C)(C)c1ccc2c(c1)OCCO2.CC(C)(C)c1ccc2c(c1)OCO2.COc1ccc(C(C)(C)C)cc1.Cc1ccc(C(C)(C)C)cc1.Cc1ccc(C(C)(C)C)cc1Cl.Cc1cccc(C(C)(C)C)c1. The van der Waals surface area contributed by atoms with Crippen molar-refractivity contribution in [1.82, 2.24) is 0 Å². The smallest absolute Gasteiger partial charge is 0.497 e. The summed E-state index contributed by atoms with van der Waals surface area (Å²) in [4.78, 5) is 0. The fourth-order valence-corrected chi connectivity index (χ4v) is 16.1. The predicted molar refractivity (Wildman–Crippen MR) is 588 cm³/mol. The van der Waals surface area contributed by atoms with Crippen molar-refractivity contribution in [3.05, 3.63) is 335 Å². The van der Waals surface area contributed by atoms with E-state index in [9.17, 15) is 8.78 Å². The first kappa shape index (κ1) is 115. The zero-order valence-corrected chi connectivity index (χ0v) is 93.5. The molecule has 140 heavy (non-hydrogen) atoms. The van der Waals surface area contributed by atoms with Gasteiger partial charge >= 0.3 is 6.29 Å². The molecule has 5 heterocycles. The maximum absolute atomic E-state index is 12.7. The summed E-state index contributed by atoms with van der Waals surface area (Å²) in [6, 6.07) is 76.3. The Morgan fingerprint density at radius 3 is 0.964 bits per heavy atom. The topological polar surface area (TPSA) is 83.1 Å². The molecule has 2 aliphatic carbocycles. The number of hydrogen-bond donors (Lipinski definition) is 0. The second kappa shape index (κ2) is 47.8. The van der Waals surface area contributed by atoms with Crippen molar-refractivity contribution in [2.45, 2.75) is 366 Å². The van der Waals surface area contributed by atoms with Crippen LogP contribution in [0.3, 0.4) is 0 Å². The molecule has 0 aromatic heterocycles. The second-order valence-corrected chi connectivity index (χ2v) is 49.9. The summed E-state index contributed by atoms with van der Waals surface area (Å²) in [7, 11) is 1.69. The Morgan fingerprint density at radius 2 is 0.543 bits per heavy atom. The van der Waals surface area contributed by atoms with E-state index in [2.05, 4.69) is 407 Å². The first-order chi connectivity index (χ1) is 64.7. The van der Waals surface area contributed by atoms with Gasteiger partial charge in [-0.25, -0.2) is 0 Å². The molecule has 0 saturated carbocycles. The number of rotatable bonds is 1. The van der Waals surface area contributed by atoms with Crippen LogP contribution in [0.1, 0.15) is 353 Å². The predicted octanol–water partition coefficient (Wildman–Crippen LogP) is 35.1. The van der Waals surface area contributed by atoms with Crippen LogP contribution < -0.4 is 42.6 Å². The summed E-state index contributed by atoms with van der Waals surface area (Å²) in [5.74, 6) is 6.75. The minimum atomic E-state index is -3.53. The van der Waals surface area contributed by atoms with Crippen molar-refractivity contribution in [2.75, 3.05) is 40.3 Å². The quantitative estimate of drug-likeness (QED) is 0.160. The van der Waals surface area contributed by atoms with E-state index >= 15 is 0 Å². The molecule has 0 atom stereocenters. The molecule has 0 fully saturated rings. The molecule has 0 unspecified atom stereocenters. The Morgan fingerprint density at radius 1 is 0.243 bits per heavy atom. The van der Waals surface area contributed by atoms with Gasteiger partial charge in [0.25, 0.3) is 0 Å². The lowest BCUT2D eigenvalue weighted by Gasteiger charge is -2.23. The van der Waals surface area contributed by atoms with Gasteiger partial charge in [-0.3, -0.25) is 0 Å². The number of halogens is 3. The van der Waals surface area contributed by atoms with Gasteiger partial charge in [0, 0.05) is 17.9 Å². The monoisotopic (exact) mass is 1930 g/mol. The third-order valence-electron chi connectivity index (χ3n) is 25.8. The van der Waals surface area contributed by atoms with E-state index in [-0.39, 0.29) is 60.2 Å². The van der Waals surface area contributed by atoms with Gasteiger partial charge in [-0.2, -0.15) is 0 Å². The van der Waals surface area contributed by atoms with Crippen LogP contribution in [0.15, 0.2) is 218 Å². The molecule has 0 saturated heterocycles. The minimum absolute atomic E-state index is 0.0907. The fourth-order valence-electron chi connectivity index (χ4n) is 16.0. The first-order valence-corrected chi connectivity index (χ1v) is 51.1. The van der Waals surface area contributed by atoms with E-state index in [0.29, 0.717) is 30.8 Å². The average molecular weight is 1930 g/mol. The number of aryl methyl sites for hydroxylation is 7. The molecule has 760 valence electrons. The number of fused-ring (bicyclic) bond motifs is 7. The van der Waals surface area contributed by atoms with Crippen LogP contribution in [-0.2, 0) is 98.1 Å². The molecular formula is C128H173ClF2O9. The van der Waals surface area contributed by atoms with Crippen LogP contribution in [0, 0.1) is 20.8 Å². The lowest BCUT2D eigenvalue weighted by atomic mass is 9.85. The molecule has 9 nitrogen and oxygen atoms in total. The lowest BCUT2D eigenvalue weighted by molar-refractivity contribution is -0.286. The van der Waals surface area contributed by atoms with Crippen molar-refractivity contribution in [3.63, 3.8) is 0 Å². The highest BCUT2D eigenvalue weighted by molar-refractivity contribution is 6.31. The number of benzene rings is 11. The fraction of sp³-hybridized carbons (Fsp3) is 0.484. The summed E-state index contributed by atoms with van der Waals surface area (Å²) < 4.78 is 71.8. The van der Waals surface area contributed by atoms with E-state index in [1.54, 1.807) is 41.5 Å². The highest BCUT2D eigenvalue weighted by atomic mass is 35.5. The second-order valence-electron chi connectivity index (χ2n) is 49.4. The molecule has 11 aromatic rings. The van der Waals surface area contributed by atoms with Gasteiger partial charge in [0.05, 0.1) is 20.3 Å². The Kier molecular flexibility index (Phi) is 39.3. The summed E-state index contributed by atoms with van der Waals surface area (Å²) in [6.07, 6.45) is 6.47. The average Bonchev–Trinajstić information content (AvgIpc) is 1.65. The molecular weight excluding hydrogens is 1750 g/mol. The molecule has 0 N–H and O–H groups in total. The molecule has 7 aliphatic rings.